The van der Waals surface area contributed by atoms with Crippen LogP contribution in [0.15, 0.2) is 0 Å². The van der Waals surface area contributed by atoms with Crippen LogP contribution < -0.4 is 11.3 Å². The molecule has 0 amide bonds. The molecule has 3 N–H and O–H groups in total. The Bertz CT molecular complexity index is 269. The Labute approximate surface area is 92.5 Å². The van der Waals surface area contributed by atoms with Gasteiger partial charge in [-0.25, -0.2) is 8.42 Å². The molecule has 0 heterocycles. The summed E-state index contributed by atoms with van der Waals surface area (Å²) in [7, 11) is -2.94. The molecule has 0 saturated heterocycles. The Morgan fingerprint density at radius 3 is 2.20 bits per heavy atom. The van der Waals surface area contributed by atoms with E-state index in [1.54, 1.807) is 0 Å². The highest BCUT2D eigenvalue weighted by molar-refractivity contribution is 7.90. The molecule has 0 aromatic rings. The molecule has 1 aliphatic carbocycles. The normalized spacial score (nSPS) is 22.3. The van der Waals surface area contributed by atoms with Gasteiger partial charge in [-0.2, -0.15) is 0 Å². The summed E-state index contributed by atoms with van der Waals surface area (Å²) >= 11 is 0. The minimum absolute atomic E-state index is 0.0712. The summed E-state index contributed by atoms with van der Waals surface area (Å²) in [6.07, 6.45) is 8.42. The van der Waals surface area contributed by atoms with E-state index in [-0.39, 0.29) is 11.8 Å². The molecule has 0 aromatic heterocycles. The molecule has 15 heavy (non-hydrogen) atoms. The lowest BCUT2D eigenvalue weighted by Gasteiger charge is -2.24. The second kappa shape index (κ2) is 5.82. The van der Waals surface area contributed by atoms with E-state index < -0.39 is 9.84 Å². The van der Waals surface area contributed by atoms with E-state index in [1.807, 2.05) is 0 Å². The summed E-state index contributed by atoms with van der Waals surface area (Å²) in [5.41, 5.74) is 2.68. The van der Waals surface area contributed by atoms with Crippen molar-refractivity contribution in [2.75, 3.05) is 12.0 Å². The van der Waals surface area contributed by atoms with Crippen LogP contribution in [0.25, 0.3) is 0 Å². The fourth-order valence-electron chi connectivity index (χ4n) is 2.36. The predicted molar refractivity (Wildman–Crippen MR) is 62.0 cm³/mol. The quantitative estimate of drug-likeness (QED) is 0.429. The molecule has 0 aromatic carbocycles. The van der Waals surface area contributed by atoms with Gasteiger partial charge in [0.1, 0.15) is 9.84 Å². The van der Waals surface area contributed by atoms with Crippen LogP contribution >= 0.6 is 0 Å². The van der Waals surface area contributed by atoms with Gasteiger partial charge in [-0.05, 0) is 18.8 Å². The molecule has 1 rings (SSSR count). The fraction of sp³-hybridized carbons (Fsp3) is 1.00. The molecule has 90 valence electrons. The molecular formula is C10H22N2O2S. The van der Waals surface area contributed by atoms with Gasteiger partial charge in [0.25, 0.3) is 0 Å². The Morgan fingerprint density at radius 1 is 1.27 bits per heavy atom. The SMILES string of the molecule is CS(=O)(=O)CC(NN)C1CCCCCC1. The summed E-state index contributed by atoms with van der Waals surface area (Å²) in [5.74, 6) is 6.03. The summed E-state index contributed by atoms with van der Waals surface area (Å²) < 4.78 is 22.5. The Morgan fingerprint density at radius 2 is 1.80 bits per heavy atom. The van der Waals surface area contributed by atoms with Crippen molar-refractivity contribution in [1.29, 1.82) is 0 Å². The number of nitrogens with two attached hydrogens (primary N) is 1. The zero-order valence-corrected chi connectivity index (χ0v) is 10.2. The number of hydrazine groups is 1. The zero-order valence-electron chi connectivity index (χ0n) is 9.41. The van der Waals surface area contributed by atoms with Crippen molar-refractivity contribution in [1.82, 2.24) is 5.43 Å². The number of hydrogen-bond acceptors (Lipinski definition) is 4. The third-order valence-electron chi connectivity index (χ3n) is 3.17. The van der Waals surface area contributed by atoms with E-state index in [0.29, 0.717) is 5.92 Å². The summed E-state index contributed by atoms with van der Waals surface area (Å²) in [6.45, 7) is 0. The van der Waals surface area contributed by atoms with Crippen LogP contribution in [0.4, 0.5) is 0 Å². The van der Waals surface area contributed by atoms with Gasteiger partial charge in [-0.3, -0.25) is 11.3 Å². The van der Waals surface area contributed by atoms with Gasteiger partial charge in [0.05, 0.1) is 5.75 Å². The van der Waals surface area contributed by atoms with E-state index in [1.165, 1.54) is 31.9 Å². The molecule has 0 spiro atoms. The topological polar surface area (TPSA) is 72.2 Å². The van der Waals surface area contributed by atoms with Gasteiger partial charge in [0.2, 0.25) is 0 Å². The zero-order chi connectivity index (χ0) is 11.3. The molecule has 0 bridgehead atoms. The fourth-order valence-corrected chi connectivity index (χ4v) is 3.38. The molecule has 1 saturated carbocycles. The largest absolute Gasteiger partial charge is 0.271 e. The van der Waals surface area contributed by atoms with Gasteiger partial charge < -0.3 is 0 Å². The monoisotopic (exact) mass is 234 g/mol. The van der Waals surface area contributed by atoms with E-state index in [0.717, 1.165) is 12.8 Å². The van der Waals surface area contributed by atoms with Crippen LogP contribution in [0.3, 0.4) is 0 Å². The maximum absolute atomic E-state index is 11.2. The van der Waals surface area contributed by atoms with Crippen molar-refractivity contribution in [3.8, 4) is 0 Å². The number of nitrogens with one attached hydrogen (secondary N) is 1. The smallest absolute Gasteiger partial charge is 0.149 e. The van der Waals surface area contributed by atoms with Crippen molar-refractivity contribution in [3.05, 3.63) is 0 Å². The minimum Gasteiger partial charge on any atom is -0.271 e. The molecule has 1 aliphatic rings. The minimum atomic E-state index is -2.94. The third-order valence-corrected chi connectivity index (χ3v) is 4.13. The number of hydrogen-bond donors (Lipinski definition) is 2. The van der Waals surface area contributed by atoms with Gasteiger partial charge in [-0.1, -0.05) is 25.7 Å². The highest BCUT2D eigenvalue weighted by Gasteiger charge is 2.24. The molecule has 1 unspecified atom stereocenters. The van der Waals surface area contributed by atoms with E-state index >= 15 is 0 Å². The predicted octanol–water partition coefficient (Wildman–Crippen LogP) is 0.833. The summed E-state index contributed by atoms with van der Waals surface area (Å²) in [6, 6.07) is -0.0712. The van der Waals surface area contributed by atoms with Crippen molar-refractivity contribution < 1.29 is 8.42 Å². The van der Waals surface area contributed by atoms with Crippen LogP contribution in [0.2, 0.25) is 0 Å². The molecule has 0 radical (unpaired) electrons. The molecule has 5 heteroatoms. The lowest BCUT2D eigenvalue weighted by Crippen LogP contribution is -2.45. The first-order valence-electron chi connectivity index (χ1n) is 5.67. The molecule has 1 fully saturated rings. The van der Waals surface area contributed by atoms with Gasteiger partial charge in [-0.15, -0.1) is 0 Å². The van der Waals surface area contributed by atoms with E-state index in [9.17, 15) is 8.42 Å². The highest BCUT2D eigenvalue weighted by Crippen LogP contribution is 2.25. The first-order chi connectivity index (χ1) is 7.03. The maximum atomic E-state index is 11.2. The van der Waals surface area contributed by atoms with Gasteiger partial charge in [0, 0.05) is 12.3 Å². The van der Waals surface area contributed by atoms with Crippen molar-refractivity contribution >= 4 is 9.84 Å². The van der Waals surface area contributed by atoms with Crippen LogP contribution in [-0.2, 0) is 9.84 Å². The lowest BCUT2D eigenvalue weighted by atomic mass is 9.93. The van der Waals surface area contributed by atoms with Gasteiger partial charge in [0.15, 0.2) is 0 Å². The van der Waals surface area contributed by atoms with E-state index in [4.69, 9.17) is 5.84 Å². The van der Waals surface area contributed by atoms with Crippen molar-refractivity contribution in [2.45, 2.75) is 44.6 Å². The second-order valence-electron chi connectivity index (χ2n) is 4.62. The Kier molecular flexibility index (Phi) is 5.02. The third kappa shape index (κ3) is 4.95. The lowest BCUT2D eigenvalue weighted by molar-refractivity contribution is 0.343. The Hall–Kier alpha value is -0.130. The molecule has 0 aliphatic heterocycles. The average Bonchev–Trinajstić information content (AvgIpc) is 2.40. The second-order valence-corrected chi connectivity index (χ2v) is 6.80. The highest BCUT2D eigenvalue weighted by atomic mass is 32.2. The first-order valence-corrected chi connectivity index (χ1v) is 7.73. The summed E-state index contributed by atoms with van der Waals surface area (Å²) in [4.78, 5) is 0. The maximum Gasteiger partial charge on any atom is 0.149 e. The molecular weight excluding hydrogens is 212 g/mol. The number of sulfone groups is 1. The summed E-state index contributed by atoms with van der Waals surface area (Å²) in [5, 5.41) is 0. The van der Waals surface area contributed by atoms with Crippen molar-refractivity contribution in [2.24, 2.45) is 11.8 Å². The van der Waals surface area contributed by atoms with E-state index in [2.05, 4.69) is 5.43 Å². The average molecular weight is 234 g/mol. The van der Waals surface area contributed by atoms with Crippen LogP contribution in [-0.4, -0.2) is 26.5 Å². The van der Waals surface area contributed by atoms with Crippen molar-refractivity contribution in [3.63, 3.8) is 0 Å². The van der Waals surface area contributed by atoms with Crippen LogP contribution in [0.5, 0.6) is 0 Å². The van der Waals surface area contributed by atoms with Gasteiger partial charge >= 0.3 is 0 Å². The standard InChI is InChI=1S/C10H22N2O2S/c1-15(13,14)8-10(12-11)9-6-4-2-3-5-7-9/h9-10,12H,2-8,11H2,1H3. The first kappa shape index (κ1) is 12.9. The molecule has 1 atom stereocenters. The van der Waals surface area contributed by atoms with Crippen LogP contribution in [0.1, 0.15) is 38.5 Å². The molecule has 4 nitrogen and oxygen atoms in total. The number of rotatable bonds is 4. The van der Waals surface area contributed by atoms with Crippen LogP contribution in [0, 0.1) is 5.92 Å². The Balaban J connectivity index is 2.55.